The zero-order valence-corrected chi connectivity index (χ0v) is 16.4. The third kappa shape index (κ3) is 5.36. The first-order valence-corrected chi connectivity index (χ1v) is 9.00. The second-order valence-corrected chi connectivity index (χ2v) is 8.10. The van der Waals surface area contributed by atoms with Gasteiger partial charge in [-0.2, -0.15) is 0 Å². The summed E-state index contributed by atoms with van der Waals surface area (Å²) in [5.41, 5.74) is 2.08. The molecule has 1 aliphatic rings. The predicted molar refractivity (Wildman–Crippen MR) is 100 cm³/mol. The average Bonchev–Trinajstić information content (AvgIpc) is 2.49. The Hall–Kier alpha value is -1.75. The SMILES string of the molecule is Cc1cc(C)c(NC(=O)C2CCCN(C(=O)OC(C)(C)C)C2)c(Cl)c1. The summed E-state index contributed by atoms with van der Waals surface area (Å²) in [5.74, 6) is -0.375. The summed E-state index contributed by atoms with van der Waals surface area (Å²) in [7, 11) is 0. The van der Waals surface area contributed by atoms with Crippen molar-refractivity contribution in [1.29, 1.82) is 0 Å². The molecular formula is C19H27ClN2O3. The van der Waals surface area contributed by atoms with Gasteiger partial charge >= 0.3 is 6.09 Å². The standard InChI is InChI=1S/C19H27ClN2O3/c1-12-9-13(2)16(15(20)10-12)21-17(23)14-7-6-8-22(11-14)18(24)25-19(3,4)5/h9-10,14H,6-8,11H2,1-5H3,(H,21,23). The molecule has 0 radical (unpaired) electrons. The van der Waals surface area contributed by atoms with Crippen LogP contribution >= 0.6 is 11.6 Å². The van der Waals surface area contributed by atoms with Gasteiger partial charge in [0.05, 0.1) is 16.6 Å². The van der Waals surface area contributed by atoms with Crippen molar-refractivity contribution in [1.82, 2.24) is 4.90 Å². The van der Waals surface area contributed by atoms with Crippen LogP contribution in [0.15, 0.2) is 12.1 Å². The monoisotopic (exact) mass is 366 g/mol. The minimum Gasteiger partial charge on any atom is -0.444 e. The van der Waals surface area contributed by atoms with Gasteiger partial charge < -0.3 is 15.0 Å². The molecule has 1 aromatic rings. The van der Waals surface area contributed by atoms with Gasteiger partial charge in [0.25, 0.3) is 0 Å². The number of amides is 2. The van der Waals surface area contributed by atoms with Crippen molar-refractivity contribution in [3.05, 3.63) is 28.3 Å². The van der Waals surface area contributed by atoms with E-state index in [4.69, 9.17) is 16.3 Å². The van der Waals surface area contributed by atoms with E-state index in [0.29, 0.717) is 23.8 Å². The van der Waals surface area contributed by atoms with Crippen LogP contribution in [0.25, 0.3) is 0 Å². The first-order chi connectivity index (χ1) is 11.6. The van der Waals surface area contributed by atoms with Crippen LogP contribution in [0, 0.1) is 19.8 Å². The largest absolute Gasteiger partial charge is 0.444 e. The second kappa shape index (κ2) is 7.65. The van der Waals surface area contributed by atoms with Crippen LogP contribution in [-0.2, 0) is 9.53 Å². The molecule has 0 spiro atoms. The lowest BCUT2D eigenvalue weighted by molar-refractivity contribution is -0.121. The fourth-order valence-electron chi connectivity index (χ4n) is 2.98. The third-order valence-electron chi connectivity index (χ3n) is 4.12. The van der Waals surface area contributed by atoms with E-state index in [1.807, 2.05) is 46.8 Å². The number of rotatable bonds is 2. The molecule has 0 bridgehead atoms. The number of likely N-dealkylation sites (tertiary alicyclic amines) is 1. The fraction of sp³-hybridized carbons (Fsp3) is 0.579. The van der Waals surface area contributed by atoms with Crippen molar-refractivity contribution < 1.29 is 14.3 Å². The lowest BCUT2D eigenvalue weighted by Gasteiger charge is -2.33. The Balaban J connectivity index is 2.04. The molecule has 2 amide bonds. The Morgan fingerprint density at radius 1 is 1.28 bits per heavy atom. The fourth-order valence-corrected chi connectivity index (χ4v) is 3.35. The number of halogens is 1. The van der Waals surface area contributed by atoms with Crippen molar-refractivity contribution in [3.63, 3.8) is 0 Å². The van der Waals surface area contributed by atoms with Crippen LogP contribution in [0.4, 0.5) is 10.5 Å². The molecule has 0 aromatic heterocycles. The van der Waals surface area contributed by atoms with Crippen LogP contribution in [0.2, 0.25) is 5.02 Å². The number of carbonyl (C=O) groups is 2. The quantitative estimate of drug-likeness (QED) is 0.835. The number of carbonyl (C=O) groups excluding carboxylic acids is 2. The highest BCUT2D eigenvalue weighted by molar-refractivity contribution is 6.34. The molecule has 1 aromatic carbocycles. The topological polar surface area (TPSA) is 58.6 Å². The van der Waals surface area contributed by atoms with Crippen LogP contribution in [0.3, 0.4) is 0 Å². The Bertz CT molecular complexity index is 644. The summed E-state index contributed by atoms with van der Waals surface area (Å²) in [6.45, 7) is 10.4. The van der Waals surface area contributed by atoms with Gasteiger partial charge in [-0.15, -0.1) is 0 Å². The maximum atomic E-state index is 12.7. The highest BCUT2D eigenvalue weighted by atomic mass is 35.5. The molecule has 2 rings (SSSR count). The molecule has 25 heavy (non-hydrogen) atoms. The molecule has 1 unspecified atom stereocenters. The summed E-state index contributed by atoms with van der Waals surface area (Å²) in [6, 6.07) is 3.81. The Morgan fingerprint density at radius 2 is 1.96 bits per heavy atom. The van der Waals surface area contributed by atoms with Crippen molar-refractivity contribution in [3.8, 4) is 0 Å². The summed E-state index contributed by atoms with van der Waals surface area (Å²) in [6.07, 6.45) is 1.15. The molecule has 0 aliphatic carbocycles. The maximum absolute atomic E-state index is 12.7. The van der Waals surface area contributed by atoms with E-state index in [9.17, 15) is 9.59 Å². The van der Waals surface area contributed by atoms with Crippen LogP contribution in [0.1, 0.15) is 44.7 Å². The van der Waals surface area contributed by atoms with Gasteiger partial charge in [0, 0.05) is 13.1 Å². The molecule has 1 fully saturated rings. The van der Waals surface area contributed by atoms with E-state index in [0.717, 1.165) is 24.0 Å². The van der Waals surface area contributed by atoms with E-state index in [1.165, 1.54) is 0 Å². The predicted octanol–water partition coefficient (Wildman–Crippen LogP) is 4.54. The first kappa shape index (κ1) is 19.6. The number of anilines is 1. The minimum absolute atomic E-state index is 0.109. The Kier molecular flexibility index (Phi) is 5.99. The molecular weight excluding hydrogens is 340 g/mol. The summed E-state index contributed by atoms with van der Waals surface area (Å²) >= 11 is 6.27. The van der Waals surface area contributed by atoms with Crippen molar-refractivity contribution >= 4 is 29.3 Å². The van der Waals surface area contributed by atoms with Crippen LogP contribution in [0.5, 0.6) is 0 Å². The number of nitrogens with zero attached hydrogens (tertiary/aromatic N) is 1. The van der Waals surface area contributed by atoms with E-state index in [1.54, 1.807) is 4.90 Å². The number of ether oxygens (including phenoxy) is 1. The molecule has 1 N–H and O–H groups in total. The Labute approximate surface area is 154 Å². The minimum atomic E-state index is -0.543. The lowest BCUT2D eigenvalue weighted by atomic mass is 9.97. The van der Waals surface area contributed by atoms with Gasteiger partial charge in [-0.05, 0) is 64.7 Å². The zero-order valence-electron chi connectivity index (χ0n) is 15.6. The maximum Gasteiger partial charge on any atom is 0.410 e. The molecule has 1 heterocycles. The zero-order chi connectivity index (χ0) is 18.8. The van der Waals surface area contributed by atoms with Gasteiger partial charge in [-0.25, -0.2) is 4.79 Å². The molecule has 1 atom stereocenters. The summed E-state index contributed by atoms with van der Waals surface area (Å²) in [4.78, 5) is 26.5. The smallest absolute Gasteiger partial charge is 0.410 e. The molecule has 1 saturated heterocycles. The molecule has 1 aliphatic heterocycles. The van der Waals surface area contributed by atoms with E-state index in [-0.39, 0.29) is 17.9 Å². The van der Waals surface area contributed by atoms with Crippen LogP contribution in [-0.4, -0.2) is 35.6 Å². The summed E-state index contributed by atoms with van der Waals surface area (Å²) < 4.78 is 5.41. The highest BCUT2D eigenvalue weighted by Gasteiger charge is 2.31. The number of hydrogen-bond donors (Lipinski definition) is 1. The molecule has 0 saturated carbocycles. The molecule has 5 nitrogen and oxygen atoms in total. The lowest BCUT2D eigenvalue weighted by Crippen LogP contribution is -2.45. The van der Waals surface area contributed by atoms with Crippen molar-refractivity contribution in [2.75, 3.05) is 18.4 Å². The van der Waals surface area contributed by atoms with Gasteiger partial charge in [-0.1, -0.05) is 17.7 Å². The molecule has 6 heteroatoms. The van der Waals surface area contributed by atoms with Gasteiger partial charge in [-0.3, -0.25) is 4.79 Å². The number of benzene rings is 1. The van der Waals surface area contributed by atoms with E-state index < -0.39 is 5.60 Å². The van der Waals surface area contributed by atoms with Gasteiger partial charge in [0.1, 0.15) is 5.60 Å². The number of aryl methyl sites for hydroxylation is 2. The number of nitrogens with one attached hydrogen (secondary N) is 1. The Morgan fingerprint density at radius 3 is 2.56 bits per heavy atom. The highest BCUT2D eigenvalue weighted by Crippen LogP contribution is 2.29. The number of hydrogen-bond acceptors (Lipinski definition) is 3. The summed E-state index contributed by atoms with van der Waals surface area (Å²) in [5, 5.41) is 3.47. The first-order valence-electron chi connectivity index (χ1n) is 8.62. The van der Waals surface area contributed by atoms with Crippen molar-refractivity contribution in [2.45, 2.75) is 53.1 Å². The molecule has 138 valence electrons. The normalized spacial score (nSPS) is 18.0. The number of piperidine rings is 1. The third-order valence-corrected chi connectivity index (χ3v) is 4.42. The van der Waals surface area contributed by atoms with Crippen molar-refractivity contribution in [2.24, 2.45) is 5.92 Å². The van der Waals surface area contributed by atoms with E-state index >= 15 is 0 Å². The van der Waals surface area contributed by atoms with Gasteiger partial charge in [0.2, 0.25) is 5.91 Å². The average molecular weight is 367 g/mol. The van der Waals surface area contributed by atoms with E-state index in [2.05, 4.69) is 5.32 Å². The van der Waals surface area contributed by atoms with Gasteiger partial charge in [0.15, 0.2) is 0 Å². The van der Waals surface area contributed by atoms with Crippen LogP contribution < -0.4 is 5.32 Å². The second-order valence-electron chi connectivity index (χ2n) is 7.69.